The summed E-state index contributed by atoms with van der Waals surface area (Å²) in [6.45, 7) is 4.73. The predicted molar refractivity (Wildman–Crippen MR) is 171 cm³/mol. The molecule has 0 aromatic carbocycles. The van der Waals surface area contributed by atoms with E-state index in [4.69, 9.17) is 9.05 Å². The average molecular weight is 606 g/mol. The molecule has 0 rings (SSSR count). The Labute approximate surface area is 252 Å². The summed E-state index contributed by atoms with van der Waals surface area (Å²) in [6, 6.07) is -0.835. The zero-order valence-electron chi connectivity index (χ0n) is 27.3. The molecular formula is C32H66N2O6P+. The number of aliphatic hydroxyl groups excluding tert-OH is 1. The van der Waals surface area contributed by atoms with Crippen LogP contribution in [-0.4, -0.2) is 73.4 Å². The van der Waals surface area contributed by atoms with Gasteiger partial charge in [-0.2, -0.15) is 0 Å². The van der Waals surface area contributed by atoms with Gasteiger partial charge >= 0.3 is 7.82 Å². The number of carbonyl (C=O) groups is 1. The number of phosphoric acid groups is 1. The van der Waals surface area contributed by atoms with Crippen molar-refractivity contribution >= 4 is 13.7 Å². The minimum Gasteiger partial charge on any atom is -0.387 e. The Balaban J connectivity index is 4.63. The third kappa shape index (κ3) is 27.8. The zero-order chi connectivity index (χ0) is 30.8. The molecule has 3 unspecified atom stereocenters. The fourth-order valence-corrected chi connectivity index (χ4v) is 5.24. The van der Waals surface area contributed by atoms with Gasteiger partial charge in [0.05, 0.1) is 39.9 Å². The largest absolute Gasteiger partial charge is 0.472 e. The van der Waals surface area contributed by atoms with E-state index in [1.165, 1.54) is 77.0 Å². The Hall–Kier alpha value is -0.760. The van der Waals surface area contributed by atoms with Crippen molar-refractivity contribution in [3.8, 4) is 0 Å². The molecule has 3 N–H and O–H groups in total. The van der Waals surface area contributed by atoms with Crippen molar-refractivity contribution in [2.24, 2.45) is 0 Å². The molecular weight excluding hydrogens is 539 g/mol. The summed E-state index contributed by atoms with van der Waals surface area (Å²) >= 11 is 0. The molecule has 0 spiro atoms. The lowest BCUT2D eigenvalue weighted by atomic mass is 10.1. The SMILES string of the molecule is CCCCCCCCC/C=C/C(O)C(COP(=O)(O)OCC[N+](C)(C)C)NC(=O)CCCCCCCCCCCC. The Morgan fingerprint density at radius 3 is 1.80 bits per heavy atom. The van der Waals surface area contributed by atoms with Gasteiger partial charge in [-0.15, -0.1) is 0 Å². The molecule has 0 radical (unpaired) electrons. The summed E-state index contributed by atoms with van der Waals surface area (Å²) in [5, 5.41) is 13.6. The molecule has 244 valence electrons. The van der Waals surface area contributed by atoms with E-state index in [0.717, 1.165) is 38.5 Å². The van der Waals surface area contributed by atoms with E-state index < -0.39 is 20.0 Å². The highest BCUT2D eigenvalue weighted by Crippen LogP contribution is 2.43. The van der Waals surface area contributed by atoms with E-state index in [9.17, 15) is 19.4 Å². The number of allylic oxidation sites excluding steroid dienone is 1. The molecule has 0 aliphatic heterocycles. The topological polar surface area (TPSA) is 105 Å². The number of hydrogen-bond acceptors (Lipinski definition) is 5. The van der Waals surface area contributed by atoms with Crippen LogP contribution in [0.5, 0.6) is 0 Å². The number of phosphoric ester groups is 1. The Bertz CT molecular complexity index is 698. The first-order valence-corrected chi connectivity index (χ1v) is 18.1. The summed E-state index contributed by atoms with van der Waals surface area (Å²) in [7, 11) is 1.57. The first-order chi connectivity index (χ1) is 19.5. The maximum absolute atomic E-state index is 12.7. The van der Waals surface area contributed by atoms with Gasteiger partial charge in [-0.05, 0) is 19.3 Å². The lowest BCUT2D eigenvalue weighted by Crippen LogP contribution is -2.45. The van der Waals surface area contributed by atoms with E-state index in [1.54, 1.807) is 6.08 Å². The van der Waals surface area contributed by atoms with E-state index in [1.807, 2.05) is 27.2 Å². The summed E-state index contributed by atoms with van der Waals surface area (Å²) < 4.78 is 23.3. The third-order valence-corrected chi connectivity index (χ3v) is 8.24. The molecule has 3 atom stereocenters. The van der Waals surface area contributed by atoms with Gasteiger partial charge in [-0.25, -0.2) is 4.57 Å². The van der Waals surface area contributed by atoms with Crippen LogP contribution >= 0.6 is 7.82 Å². The van der Waals surface area contributed by atoms with E-state index in [-0.39, 0.29) is 19.1 Å². The van der Waals surface area contributed by atoms with Crippen molar-refractivity contribution in [2.45, 2.75) is 148 Å². The third-order valence-electron chi connectivity index (χ3n) is 7.26. The van der Waals surface area contributed by atoms with Gasteiger partial charge in [0.25, 0.3) is 0 Å². The zero-order valence-corrected chi connectivity index (χ0v) is 28.2. The van der Waals surface area contributed by atoms with E-state index >= 15 is 0 Å². The number of rotatable bonds is 29. The van der Waals surface area contributed by atoms with Gasteiger partial charge < -0.3 is 19.8 Å². The van der Waals surface area contributed by atoms with E-state index in [2.05, 4.69) is 19.2 Å². The normalized spacial score (nSPS) is 15.2. The summed E-state index contributed by atoms with van der Waals surface area (Å²) in [4.78, 5) is 22.8. The van der Waals surface area contributed by atoms with Gasteiger partial charge in [-0.1, -0.05) is 122 Å². The second-order valence-electron chi connectivity index (χ2n) is 12.5. The minimum atomic E-state index is -4.31. The fraction of sp³-hybridized carbons (Fsp3) is 0.906. The molecule has 0 bridgehead atoms. The number of carbonyl (C=O) groups excluding carboxylic acids is 1. The average Bonchev–Trinajstić information content (AvgIpc) is 2.90. The van der Waals surface area contributed by atoms with Gasteiger partial charge in [0.15, 0.2) is 0 Å². The molecule has 0 aliphatic carbocycles. The molecule has 0 fully saturated rings. The van der Waals surface area contributed by atoms with Crippen LogP contribution in [0.1, 0.15) is 136 Å². The van der Waals surface area contributed by atoms with Crippen LogP contribution in [0.2, 0.25) is 0 Å². The highest BCUT2D eigenvalue weighted by Gasteiger charge is 2.27. The first kappa shape index (κ1) is 40.2. The van der Waals surface area contributed by atoms with Gasteiger partial charge in [-0.3, -0.25) is 13.8 Å². The molecule has 0 heterocycles. The summed E-state index contributed by atoms with van der Waals surface area (Å²) in [5.41, 5.74) is 0. The van der Waals surface area contributed by atoms with Crippen LogP contribution in [0.15, 0.2) is 12.2 Å². The van der Waals surface area contributed by atoms with Crippen LogP contribution in [-0.2, 0) is 18.4 Å². The quantitative estimate of drug-likeness (QED) is 0.0350. The lowest BCUT2D eigenvalue weighted by Gasteiger charge is -2.25. The maximum atomic E-state index is 12.7. The van der Waals surface area contributed by atoms with Crippen molar-refractivity contribution in [3.63, 3.8) is 0 Å². The number of likely N-dealkylation sites (N-methyl/N-ethyl adjacent to an activating group) is 1. The smallest absolute Gasteiger partial charge is 0.387 e. The molecule has 0 aromatic rings. The lowest BCUT2D eigenvalue weighted by molar-refractivity contribution is -0.870. The number of nitrogens with one attached hydrogen (secondary N) is 1. The molecule has 0 aromatic heterocycles. The van der Waals surface area contributed by atoms with Crippen LogP contribution in [0.25, 0.3) is 0 Å². The van der Waals surface area contributed by atoms with Crippen molar-refractivity contribution in [3.05, 3.63) is 12.2 Å². The van der Waals surface area contributed by atoms with Gasteiger partial charge in [0.1, 0.15) is 13.2 Å². The van der Waals surface area contributed by atoms with Crippen molar-refractivity contribution in [2.75, 3.05) is 40.9 Å². The number of nitrogens with zero attached hydrogens (tertiary/aromatic N) is 1. The molecule has 9 heteroatoms. The molecule has 1 amide bonds. The summed E-state index contributed by atoms with van der Waals surface area (Å²) in [6.07, 6.45) is 24.2. The molecule has 0 saturated heterocycles. The highest BCUT2D eigenvalue weighted by atomic mass is 31.2. The Kier molecular flexibility index (Phi) is 25.2. The fourth-order valence-electron chi connectivity index (χ4n) is 4.51. The van der Waals surface area contributed by atoms with Gasteiger partial charge in [0, 0.05) is 6.42 Å². The second kappa shape index (κ2) is 25.7. The van der Waals surface area contributed by atoms with Crippen molar-refractivity contribution in [1.29, 1.82) is 0 Å². The van der Waals surface area contributed by atoms with Gasteiger partial charge in [0.2, 0.25) is 5.91 Å². The number of aliphatic hydroxyl groups is 1. The van der Waals surface area contributed by atoms with Crippen LogP contribution in [0.4, 0.5) is 0 Å². The number of amides is 1. The number of quaternary nitrogens is 1. The first-order valence-electron chi connectivity index (χ1n) is 16.6. The molecule has 8 nitrogen and oxygen atoms in total. The van der Waals surface area contributed by atoms with Crippen molar-refractivity contribution in [1.82, 2.24) is 5.32 Å². The Morgan fingerprint density at radius 2 is 1.29 bits per heavy atom. The predicted octanol–water partition coefficient (Wildman–Crippen LogP) is 7.68. The van der Waals surface area contributed by atoms with Crippen LogP contribution in [0.3, 0.4) is 0 Å². The minimum absolute atomic E-state index is 0.0634. The molecule has 0 saturated carbocycles. The molecule has 0 aliphatic rings. The second-order valence-corrected chi connectivity index (χ2v) is 14.0. The highest BCUT2D eigenvalue weighted by molar-refractivity contribution is 7.47. The number of hydrogen-bond donors (Lipinski definition) is 3. The Morgan fingerprint density at radius 1 is 0.805 bits per heavy atom. The monoisotopic (exact) mass is 605 g/mol. The summed E-state index contributed by atoms with van der Waals surface area (Å²) in [5.74, 6) is -0.184. The number of unbranched alkanes of at least 4 members (excludes halogenated alkanes) is 16. The van der Waals surface area contributed by atoms with E-state index in [0.29, 0.717) is 17.4 Å². The van der Waals surface area contributed by atoms with Crippen molar-refractivity contribution < 1.29 is 32.9 Å². The molecule has 41 heavy (non-hydrogen) atoms. The standard InChI is InChI=1S/C32H65N2O6P/c1-6-8-10-12-14-16-18-20-22-24-26-32(36)33-30(29-40-41(37,38)39-28-27-34(3,4)5)31(35)25-23-21-19-17-15-13-11-9-7-2/h23,25,30-31,35H,6-22,24,26-29H2,1-5H3,(H-,33,36,37,38)/p+1/b25-23+. The van der Waals surface area contributed by atoms with Crippen LogP contribution < -0.4 is 5.32 Å². The van der Waals surface area contributed by atoms with Crippen LogP contribution in [0, 0.1) is 0 Å². The maximum Gasteiger partial charge on any atom is 0.472 e.